The van der Waals surface area contributed by atoms with Crippen molar-refractivity contribution in [2.75, 3.05) is 7.11 Å². The van der Waals surface area contributed by atoms with Crippen molar-refractivity contribution >= 4 is 17.3 Å². The number of para-hydroxylation sites is 1. The summed E-state index contributed by atoms with van der Waals surface area (Å²) in [6.07, 6.45) is 0.699. The Labute approximate surface area is 115 Å². The SMILES string of the molecule is COc1ccccc1Cc1nc(C)c(CC(=O)O)s1. The molecule has 0 aliphatic heterocycles. The van der Waals surface area contributed by atoms with Crippen LogP contribution in [0, 0.1) is 6.92 Å². The number of aliphatic carboxylic acids is 1. The van der Waals surface area contributed by atoms with E-state index in [1.165, 1.54) is 11.3 Å². The lowest BCUT2D eigenvalue weighted by Gasteiger charge is -2.05. The maximum absolute atomic E-state index is 10.7. The summed E-state index contributed by atoms with van der Waals surface area (Å²) in [6.45, 7) is 1.85. The number of aromatic nitrogens is 1. The first-order valence-corrected chi connectivity index (χ1v) is 6.70. The molecule has 0 bridgehead atoms. The van der Waals surface area contributed by atoms with Gasteiger partial charge in [-0.1, -0.05) is 18.2 Å². The zero-order valence-corrected chi connectivity index (χ0v) is 11.7. The molecule has 0 aliphatic carbocycles. The van der Waals surface area contributed by atoms with Crippen LogP contribution in [0.1, 0.15) is 21.1 Å². The Morgan fingerprint density at radius 2 is 2.16 bits per heavy atom. The third-order valence-corrected chi connectivity index (χ3v) is 3.94. The number of hydrogen-bond acceptors (Lipinski definition) is 4. The summed E-state index contributed by atoms with van der Waals surface area (Å²) in [6, 6.07) is 7.78. The highest BCUT2D eigenvalue weighted by Crippen LogP contribution is 2.25. The van der Waals surface area contributed by atoms with Crippen LogP contribution in [0.25, 0.3) is 0 Å². The van der Waals surface area contributed by atoms with Crippen LogP contribution in [0.3, 0.4) is 0 Å². The van der Waals surface area contributed by atoms with Crippen LogP contribution < -0.4 is 4.74 Å². The summed E-state index contributed by atoms with van der Waals surface area (Å²) in [5, 5.41) is 9.75. The van der Waals surface area contributed by atoms with Gasteiger partial charge in [-0.25, -0.2) is 4.98 Å². The predicted octanol–water partition coefficient (Wildman–Crippen LogP) is 2.68. The van der Waals surface area contributed by atoms with Gasteiger partial charge in [0.25, 0.3) is 0 Å². The van der Waals surface area contributed by atoms with Crippen LogP contribution in [0.5, 0.6) is 5.75 Å². The van der Waals surface area contributed by atoms with E-state index in [9.17, 15) is 4.79 Å². The molecule has 0 saturated carbocycles. The van der Waals surface area contributed by atoms with Gasteiger partial charge in [0.05, 0.1) is 24.2 Å². The van der Waals surface area contributed by atoms with E-state index in [0.29, 0.717) is 6.42 Å². The number of thiazole rings is 1. The minimum Gasteiger partial charge on any atom is -0.496 e. The van der Waals surface area contributed by atoms with E-state index in [1.807, 2.05) is 31.2 Å². The third-order valence-electron chi connectivity index (χ3n) is 2.78. The van der Waals surface area contributed by atoms with Gasteiger partial charge in [-0.05, 0) is 13.0 Å². The average molecular weight is 277 g/mol. The molecule has 1 aromatic heterocycles. The summed E-state index contributed by atoms with van der Waals surface area (Å²) < 4.78 is 5.30. The molecule has 0 spiro atoms. The van der Waals surface area contributed by atoms with Gasteiger partial charge in [0.15, 0.2) is 0 Å². The number of carboxylic acid groups (broad SMARTS) is 1. The number of carboxylic acids is 1. The smallest absolute Gasteiger partial charge is 0.308 e. The van der Waals surface area contributed by atoms with E-state index < -0.39 is 5.97 Å². The van der Waals surface area contributed by atoms with Crippen molar-refractivity contribution < 1.29 is 14.6 Å². The molecule has 2 aromatic rings. The number of rotatable bonds is 5. The zero-order valence-electron chi connectivity index (χ0n) is 10.8. The molecule has 0 fully saturated rings. The number of methoxy groups -OCH3 is 1. The number of ether oxygens (including phenoxy) is 1. The van der Waals surface area contributed by atoms with Crippen LogP contribution in [0.15, 0.2) is 24.3 Å². The van der Waals surface area contributed by atoms with Gasteiger partial charge >= 0.3 is 5.97 Å². The van der Waals surface area contributed by atoms with Gasteiger partial charge in [-0.2, -0.15) is 0 Å². The lowest BCUT2D eigenvalue weighted by atomic mass is 10.1. The maximum atomic E-state index is 10.7. The maximum Gasteiger partial charge on any atom is 0.308 e. The van der Waals surface area contributed by atoms with Gasteiger partial charge in [-0.3, -0.25) is 4.79 Å². The third kappa shape index (κ3) is 3.32. The molecule has 0 amide bonds. The zero-order chi connectivity index (χ0) is 13.8. The lowest BCUT2D eigenvalue weighted by Crippen LogP contribution is -1.99. The number of carbonyl (C=O) groups is 1. The van der Waals surface area contributed by atoms with Crippen LogP contribution in [0.2, 0.25) is 0 Å². The van der Waals surface area contributed by atoms with E-state index in [4.69, 9.17) is 9.84 Å². The van der Waals surface area contributed by atoms with Crippen LogP contribution >= 0.6 is 11.3 Å². The van der Waals surface area contributed by atoms with Crippen molar-refractivity contribution in [3.63, 3.8) is 0 Å². The van der Waals surface area contributed by atoms with Crippen molar-refractivity contribution in [1.82, 2.24) is 4.98 Å². The van der Waals surface area contributed by atoms with Gasteiger partial charge in [0, 0.05) is 16.9 Å². The first kappa shape index (κ1) is 13.5. The fourth-order valence-corrected chi connectivity index (χ4v) is 2.96. The standard InChI is InChI=1S/C14H15NO3S/c1-9-12(8-14(16)17)19-13(15-9)7-10-5-3-4-6-11(10)18-2/h3-6H,7-8H2,1-2H3,(H,16,17). The molecule has 4 nitrogen and oxygen atoms in total. The van der Waals surface area contributed by atoms with Crippen molar-refractivity contribution in [1.29, 1.82) is 0 Å². The molecule has 2 rings (SSSR count). The number of benzene rings is 1. The molecular formula is C14H15NO3S. The Hall–Kier alpha value is -1.88. The van der Waals surface area contributed by atoms with Gasteiger partial charge in [0.1, 0.15) is 5.75 Å². The van der Waals surface area contributed by atoms with Crippen molar-refractivity contribution in [3.05, 3.63) is 45.4 Å². The summed E-state index contributed by atoms with van der Waals surface area (Å²) in [4.78, 5) is 16.0. The minimum absolute atomic E-state index is 0.0371. The predicted molar refractivity (Wildman–Crippen MR) is 74.0 cm³/mol. The number of hydrogen-bond donors (Lipinski definition) is 1. The molecule has 0 aliphatic rings. The highest BCUT2D eigenvalue weighted by Gasteiger charge is 2.12. The second kappa shape index (κ2) is 5.84. The van der Waals surface area contributed by atoms with Crippen LogP contribution in [0.4, 0.5) is 0 Å². The second-order valence-corrected chi connectivity index (χ2v) is 5.34. The van der Waals surface area contributed by atoms with Gasteiger partial charge in [0.2, 0.25) is 0 Å². The molecular weight excluding hydrogens is 262 g/mol. The summed E-state index contributed by atoms with van der Waals surface area (Å²) in [7, 11) is 1.64. The number of nitrogens with zero attached hydrogens (tertiary/aromatic N) is 1. The molecule has 5 heteroatoms. The highest BCUT2D eigenvalue weighted by molar-refractivity contribution is 7.11. The fraction of sp³-hybridized carbons (Fsp3) is 0.286. The summed E-state index contributed by atoms with van der Waals surface area (Å²) in [5.74, 6) is 0.00530. The normalized spacial score (nSPS) is 10.4. The first-order chi connectivity index (χ1) is 9.10. The Balaban J connectivity index is 2.21. The highest BCUT2D eigenvalue weighted by atomic mass is 32.1. The molecule has 1 N–H and O–H groups in total. The van der Waals surface area contributed by atoms with E-state index in [2.05, 4.69) is 4.98 Å². The lowest BCUT2D eigenvalue weighted by molar-refractivity contribution is -0.136. The van der Waals surface area contributed by atoms with E-state index in [0.717, 1.165) is 26.9 Å². The van der Waals surface area contributed by atoms with Crippen molar-refractivity contribution in [2.45, 2.75) is 19.8 Å². The van der Waals surface area contributed by atoms with E-state index >= 15 is 0 Å². The van der Waals surface area contributed by atoms with Gasteiger partial charge in [-0.15, -0.1) is 11.3 Å². The fourth-order valence-electron chi connectivity index (χ4n) is 1.88. The Morgan fingerprint density at radius 1 is 1.42 bits per heavy atom. The Morgan fingerprint density at radius 3 is 2.84 bits per heavy atom. The topological polar surface area (TPSA) is 59.4 Å². The van der Waals surface area contributed by atoms with Crippen LogP contribution in [-0.2, 0) is 17.6 Å². The molecule has 0 radical (unpaired) electrons. The van der Waals surface area contributed by atoms with Crippen LogP contribution in [-0.4, -0.2) is 23.2 Å². The molecule has 0 unspecified atom stereocenters. The Bertz CT molecular complexity index is 592. The number of aryl methyl sites for hydroxylation is 1. The minimum atomic E-state index is -0.824. The quantitative estimate of drug-likeness (QED) is 0.912. The van der Waals surface area contributed by atoms with Gasteiger partial charge < -0.3 is 9.84 Å². The van der Waals surface area contributed by atoms with Crippen molar-refractivity contribution in [2.24, 2.45) is 0 Å². The summed E-state index contributed by atoms with van der Waals surface area (Å²) >= 11 is 1.45. The monoisotopic (exact) mass is 277 g/mol. The van der Waals surface area contributed by atoms with Crippen molar-refractivity contribution in [3.8, 4) is 5.75 Å². The van der Waals surface area contributed by atoms with E-state index in [-0.39, 0.29) is 6.42 Å². The Kier molecular flexibility index (Phi) is 4.16. The molecule has 0 saturated heterocycles. The molecule has 1 heterocycles. The molecule has 0 atom stereocenters. The molecule has 100 valence electrons. The second-order valence-electron chi connectivity index (χ2n) is 4.18. The largest absolute Gasteiger partial charge is 0.496 e. The molecule has 1 aromatic carbocycles. The van der Waals surface area contributed by atoms with E-state index in [1.54, 1.807) is 7.11 Å². The summed E-state index contributed by atoms with van der Waals surface area (Å²) in [5.41, 5.74) is 1.86. The molecule has 19 heavy (non-hydrogen) atoms. The average Bonchev–Trinajstić information content (AvgIpc) is 2.69. The first-order valence-electron chi connectivity index (χ1n) is 5.89.